The minimum absolute atomic E-state index is 0.224. The van der Waals surface area contributed by atoms with Crippen LogP contribution in [0.25, 0.3) is 0 Å². The van der Waals surface area contributed by atoms with Crippen molar-refractivity contribution < 1.29 is 0 Å². The van der Waals surface area contributed by atoms with Gasteiger partial charge in [-0.1, -0.05) is 19.3 Å². The molecule has 2 saturated heterocycles. The summed E-state index contributed by atoms with van der Waals surface area (Å²) in [6, 6.07) is 3.74. The summed E-state index contributed by atoms with van der Waals surface area (Å²) in [5.41, 5.74) is -0.224. The second-order valence-corrected chi connectivity index (χ2v) is 6.01. The van der Waals surface area contributed by atoms with Crippen LogP contribution in [0.2, 0.25) is 0 Å². The lowest BCUT2D eigenvalue weighted by atomic mass is 9.86. The van der Waals surface area contributed by atoms with Crippen LogP contribution in [0.5, 0.6) is 0 Å². The third-order valence-corrected chi connectivity index (χ3v) is 4.99. The molecule has 0 aromatic rings. The van der Waals surface area contributed by atoms with E-state index in [2.05, 4.69) is 16.3 Å². The average molecular weight is 233 g/mol. The topological polar surface area (TPSA) is 39.1 Å². The molecule has 3 heteroatoms. The molecule has 3 nitrogen and oxygen atoms in total. The molecular weight excluding hydrogens is 210 g/mol. The number of fused-ring (bicyclic) bond motifs is 1. The zero-order chi connectivity index (χ0) is 11.7. The van der Waals surface area contributed by atoms with E-state index in [1.807, 2.05) is 0 Å². The van der Waals surface area contributed by atoms with Gasteiger partial charge in [-0.3, -0.25) is 10.2 Å². The maximum Gasteiger partial charge on any atom is 0.123 e. The summed E-state index contributed by atoms with van der Waals surface area (Å²) < 4.78 is 0. The first-order valence-electron chi connectivity index (χ1n) is 7.27. The van der Waals surface area contributed by atoms with Gasteiger partial charge in [0.2, 0.25) is 0 Å². The van der Waals surface area contributed by atoms with E-state index in [0.717, 1.165) is 13.0 Å². The molecule has 0 aromatic heterocycles. The van der Waals surface area contributed by atoms with Crippen LogP contribution in [-0.2, 0) is 0 Å². The Morgan fingerprint density at radius 3 is 2.65 bits per heavy atom. The van der Waals surface area contributed by atoms with Gasteiger partial charge in [0.05, 0.1) is 6.07 Å². The summed E-state index contributed by atoms with van der Waals surface area (Å²) in [5, 5.41) is 13.4. The molecule has 0 spiro atoms. The summed E-state index contributed by atoms with van der Waals surface area (Å²) in [7, 11) is 0. The van der Waals surface area contributed by atoms with Gasteiger partial charge >= 0.3 is 0 Å². The van der Waals surface area contributed by atoms with Gasteiger partial charge in [-0.15, -0.1) is 0 Å². The molecule has 3 rings (SSSR count). The maximum absolute atomic E-state index is 9.66. The Kier molecular flexibility index (Phi) is 3.10. The lowest BCUT2D eigenvalue weighted by molar-refractivity contribution is 0.230. The highest BCUT2D eigenvalue weighted by Crippen LogP contribution is 2.37. The lowest BCUT2D eigenvalue weighted by Crippen LogP contribution is -2.56. The van der Waals surface area contributed by atoms with Crippen LogP contribution in [0.15, 0.2) is 0 Å². The molecule has 2 heterocycles. The van der Waals surface area contributed by atoms with E-state index in [9.17, 15) is 5.26 Å². The number of hydrogen-bond acceptors (Lipinski definition) is 3. The number of nitriles is 1. The largest absolute Gasteiger partial charge is 0.297 e. The summed E-state index contributed by atoms with van der Waals surface area (Å²) in [6.45, 7) is 2.33. The third-order valence-electron chi connectivity index (χ3n) is 4.99. The summed E-state index contributed by atoms with van der Waals surface area (Å²) in [5.74, 6) is 0. The maximum atomic E-state index is 9.66. The monoisotopic (exact) mass is 233 g/mol. The molecule has 1 aliphatic carbocycles. The van der Waals surface area contributed by atoms with Crippen molar-refractivity contribution in [3.8, 4) is 6.07 Å². The first-order valence-corrected chi connectivity index (χ1v) is 7.27. The number of hydrogen-bond donors (Lipinski definition) is 1. The Morgan fingerprint density at radius 1 is 1.06 bits per heavy atom. The first kappa shape index (κ1) is 11.5. The Bertz CT molecular complexity index is 316. The van der Waals surface area contributed by atoms with E-state index >= 15 is 0 Å². The Hall–Kier alpha value is -0.590. The van der Waals surface area contributed by atoms with E-state index in [0.29, 0.717) is 12.1 Å². The number of rotatable bonds is 2. The second kappa shape index (κ2) is 4.59. The summed E-state index contributed by atoms with van der Waals surface area (Å²) in [6.07, 6.45) is 10.1. The minimum Gasteiger partial charge on any atom is -0.297 e. The second-order valence-electron chi connectivity index (χ2n) is 6.01. The van der Waals surface area contributed by atoms with Gasteiger partial charge in [0.15, 0.2) is 0 Å². The van der Waals surface area contributed by atoms with Gasteiger partial charge < -0.3 is 0 Å². The van der Waals surface area contributed by atoms with E-state index in [-0.39, 0.29) is 5.54 Å². The SMILES string of the molecule is N#CC1(NC2CCCCC2)CCN2CCCC21. The van der Waals surface area contributed by atoms with Crippen molar-refractivity contribution in [1.29, 1.82) is 5.26 Å². The highest BCUT2D eigenvalue weighted by Gasteiger charge is 2.50. The zero-order valence-corrected chi connectivity index (χ0v) is 10.6. The normalized spacial score (nSPS) is 39.1. The fourth-order valence-corrected chi connectivity index (χ4v) is 4.08. The summed E-state index contributed by atoms with van der Waals surface area (Å²) in [4.78, 5) is 2.53. The van der Waals surface area contributed by atoms with Crippen LogP contribution in [-0.4, -0.2) is 35.6 Å². The summed E-state index contributed by atoms with van der Waals surface area (Å²) >= 11 is 0. The van der Waals surface area contributed by atoms with Crippen LogP contribution >= 0.6 is 0 Å². The molecule has 0 aromatic carbocycles. The van der Waals surface area contributed by atoms with Crippen molar-refractivity contribution in [3.63, 3.8) is 0 Å². The van der Waals surface area contributed by atoms with Crippen molar-refractivity contribution in [2.45, 2.75) is 69.0 Å². The van der Waals surface area contributed by atoms with Crippen LogP contribution in [0.1, 0.15) is 51.4 Å². The molecule has 2 unspecified atom stereocenters. The molecule has 3 aliphatic rings. The fourth-order valence-electron chi connectivity index (χ4n) is 4.08. The highest BCUT2D eigenvalue weighted by atomic mass is 15.3. The van der Waals surface area contributed by atoms with Crippen molar-refractivity contribution in [3.05, 3.63) is 0 Å². The van der Waals surface area contributed by atoms with Crippen molar-refractivity contribution >= 4 is 0 Å². The van der Waals surface area contributed by atoms with Crippen molar-refractivity contribution in [1.82, 2.24) is 10.2 Å². The fraction of sp³-hybridized carbons (Fsp3) is 0.929. The van der Waals surface area contributed by atoms with Crippen LogP contribution in [0, 0.1) is 11.3 Å². The van der Waals surface area contributed by atoms with E-state index in [1.165, 1.54) is 51.5 Å². The average Bonchev–Trinajstić information content (AvgIpc) is 2.95. The molecule has 17 heavy (non-hydrogen) atoms. The van der Waals surface area contributed by atoms with Crippen LogP contribution in [0.3, 0.4) is 0 Å². The smallest absolute Gasteiger partial charge is 0.123 e. The lowest BCUT2D eigenvalue weighted by Gasteiger charge is -2.35. The molecule has 1 saturated carbocycles. The Morgan fingerprint density at radius 2 is 1.88 bits per heavy atom. The molecule has 0 bridgehead atoms. The van der Waals surface area contributed by atoms with E-state index in [4.69, 9.17) is 0 Å². The van der Waals surface area contributed by atoms with Crippen molar-refractivity contribution in [2.75, 3.05) is 13.1 Å². The Labute approximate surface area is 104 Å². The zero-order valence-electron chi connectivity index (χ0n) is 10.6. The van der Waals surface area contributed by atoms with E-state index < -0.39 is 0 Å². The standard InChI is InChI=1S/C14H23N3/c15-11-14(16-12-5-2-1-3-6-12)8-10-17-9-4-7-13(14)17/h12-13,16H,1-10H2. The Balaban J connectivity index is 1.71. The number of nitrogens with zero attached hydrogens (tertiary/aromatic N) is 2. The number of nitrogens with one attached hydrogen (secondary N) is 1. The first-order chi connectivity index (χ1) is 8.34. The van der Waals surface area contributed by atoms with Gasteiger partial charge in [-0.2, -0.15) is 5.26 Å². The molecule has 3 fully saturated rings. The molecular formula is C14H23N3. The molecule has 1 N–H and O–H groups in total. The van der Waals surface area contributed by atoms with Gasteiger partial charge in [-0.05, 0) is 38.6 Å². The van der Waals surface area contributed by atoms with Gasteiger partial charge in [0.1, 0.15) is 5.54 Å². The molecule has 2 atom stereocenters. The van der Waals surface area contributed by atoms with E-state index in [1.54, 1.807) is 0 Å². The van der Waals surface area contributed by atoms with Gasteiger partial charge in [0.25, 0.3) is 0 Å². The molecule has 0 radical (unpaired) electrons. The molecule has 94 valence electrons. The predicted molar refractivity (Wildman–Crippen MR) is 67.6 cm³/mol. The predicted octanol–water partition coefficient (Wildman–Crippen LogP) is 2.04. The van der Waals surface area contributed by atoms with Crippen LogP contribution < -0.4 is 5.32 Å². The molecule has 0 amide bonds. The third kappa shape index (κ3) is 1.98. The van der Waals surface area contributed by atoms with Crippen molar-refractivity contribution in [2.24, 2.45) is 0 Å². The van der Waals surface area contributed by atoms with Gasteiger partial charge in [-0.25, -0.2) is 0 Å². The highest BCUT2D eigenvalue weighted by molar-refractivity contribution is 5.20. The van der Waals surface area contributed by atoms with Crippen LogP contribution in [0.4, 0.5) is 0 Å². The quantitative estimate of drug-likeness (QED) is 0.793. The van der Waals surface area contributed by atoms with Gasteiger partial charge in [0, 0.05) is 18.6 Å². The minimum atomic E-state index is -0.224. The molecule has 2 aliphatic heterocycles.